The highest BCUT2D eigenvalue weighted by molar-refractivity contribution is 6.28. The molecule has 0 bridgehead atoms. The summed E-state index contributed by atoms with van der Waals surface area (Å²) >= 11 is 5.26. The van der Waals surface area contributed by atoms with Crippen molar-refractivity contribution in [3.8, 4) is 0 Å². The van der Waals surface area contributed by atoms with Crippen LogP contribution in [0.5, 0.6) is 0 Å². The Labute approximate surface area is 76.7 Å². The Hall–Kier alpha value is -0.880. The van der Waals surface area contributed by atoms with Gasteiger partial charge in [0.05, 0.1) is 5.69 Å². The molecule has 0 saturated carbocycles. The molecule has 0 aliphatic carbocycles. The number of hydrogen-bond acceptors (Lipinski definition) is 3. The standard InChI is InChI=1S/C6H5ClF3N3/c7-5-12-3(2-11)1-4(13-5)6(8,9)10/h1H,2,11H2. The van der Waals surface area contributed by atoms with Gasteiger partial charge in [-0.1, -0.05) is 0 Å². The van der Waals surface area contributed by atoms with E-state index in [9.17, 15) is 13.2 Å². The summed E-state index contributed by atoms with van der Waals surface area (Å²) in [6.45, 7) is -0.106. The fourth-order valence-corrected chi connectivity index (χ4v) is 0.915. The van der Waals surface area contributed by atoms with Gasteiger partial charge in [-0.3, -0.25) is 0 Å². The highest BCUT2D eigenvalue weighted by Crippen LogP contribution is 2.28. The molecule has 1 heterocycles. The average Bonchev–Trinajstić information content (AvgIpc) is 2.01. The number of halogens is 4. The van der Waals surface area contributed by atoms with Gasteiger partial charge in [-0.25, -0.2) is 9.97 Å². The van der Waals surface area contributed by atoms with Gasteiger partial charge >= 0.3 is 6.18 Å². The molecule has 0 fully saturated rings. The molecule has 13 heavy (non-hydrogen) atoms. The van der Waals surface area contributed by atoms with Gasteiger partial charge in [-0.05, 0) is 17.7 Å². The van der Waals surface area contributed by atoms with Gasteiger partial charge in [0.25, 0.3) is 0 Å². The molecule has 0 spiro atoms. The molecular weight excluding hydrogens is 207 g/mol. The van der Waals surface area contributed by atoms with Gasteiger partial charge in [-0.2, -0.15) is 13.2 Å². The van der Waals surface area contributed by atoms with E-state index in [0.717, 1.165) is 6.07 Å². The zero-order valence-corrected chi connectivity index (χ0v) is 7.02. The van der Waals surface area contributed by atoms with E-state index in [0.29, 0.717) is 0 Å². The van der Waals surface area contributed by atoms with Crippen LogP contribution in [0.4, 0.5) is 13.2 Å². The summed E-state index contributed by atoms with van der Waals surface area (Å²) in [5.41, 5.74) is 4.10. The van der Waals surface area contributed by atoms with Crippen LogP contribution in [-0.4, -0.2) is 9.97 Å². The van der Waals surface area contributed by atoms with Gasteiger partial charge in [0.15, 0.2) is 0 Å². The predicted molar refractivity (Wildman–Crippen MR) is 39.9 cm³/mol. The Kier molecular flexibility index (Phi) is 2.72. The second-order valence-corrected chi connectivity index (χ2v) is 2.55. The third-order valence-corrected chi connectivity index (χ3v) is 1.42. The zero-order chi connectivity index (χ0) is 10.1. The van der Waals surface area contributed by atoms with E-state index in [4.69, 9.17) is 17.3 Å². The van der Waals surface area contributed by atoms with E-state index in [1.807, 2.05) is 0 Å². The van der Waals surface area contributed by atoms with Crippen molar-refractivity contribution in [3.63, 3.8) is 0 Å². The smallest absolute Gasteiger partial charge is 0.325 e. The molecule has 0 aliphatic heterocycles. The topological polar surface area (TPSA) is 51.8 Å². The normalized spacial score (nSPS) is 11.8. The number of aromatic nitrogens is 2. The fourth-order valence-electron chi connectivity index (χ4n) is 0.715. The largest absolute Gasteiger partial charge is 0.433 e. The van der Waals surface area contributed by atoms with E-state index >= 15 is 0 Å². The van der Waals surface area contributed by atoms with Gasteiger partial charge in [0.1, 0.15) is 5.69 Å². The van der Waals surface area contributed by atoms with Crippen LogP contribution in [0.1, 0.15) is 11.4 Å². The van der Waals surface area contributed by atoms with Crippen molar-refractivity contribution in [2.75, 3.05) is 0 Å². The van der Waals surface area contributed by atoms with E-state index < -0.39 is 17.2 Å². The Morgan fingerprint density at radius 2 is 2.00 bits per heavy atom. The summed E-state index contributed by atoms with van der Waals surface area (Å²) in [6, 6.07) is 0.770. The van der Waals surface area contributed by atoms with Crippen molar-refractivity contribution in [1.82, 2.24) is 9.97 Å². The van der Waals surface area contributed by atoms with Crippen molar-refractivity contribution in [2.24, 2.45) is 5.73 Å². The molecule has 2 N–H and O–H groups in total. The lowest BCUT2D eigenvalue weighted by molar-refractivity contribution is -0.141. The summed E-state index contributed by atoms with van der Waals surface area (Å²) in [5.74, 6) is 0. The maximum Gasteiger partial charge on any atom is 0.433 e. The number of nitrogens with two attached hydrogens (primary N) is 1. The summed E-state index contributed by atoms with van der Waals surface area (Å²) in [4.78, 5) is 6.52. The van der Waals surface area contributed by atoms with Crippen LogP contribution in [0.15, 0.2) is 6.07 Å². The van der Waals surface area contributed by atoms with Crippen LogP contribution in [0.25, 0.3) is 0 Å². The molecule has 3 nitrogen and oxygen atoms in total. The minimum absolute atomic E-state index is 0.0623. The van der Waals surface area contributed by atoms with E-state index in [1.165, 1.54) is 0 Å². The second-order valence-electron chi connectivity index (χ2n) is 2.22. The third-order valence-electron chi connectivity index (χ3n) is 1.25. The number of hydrogen-bond donors (Lipinski definition) is 1. The van der Waals surface area contributed by atoms with Crippen molar-refractivity contribution < 1.29 is 13.2 Å². The Bertz CT molecular complexity index is 312. The first kappa shape index (κ1) is 10.2. The summed E-state index contributed by atoms with van der Waals surface area (Å²) in [5, 5.41) is -0.449. The maximum atomic E-state index is 12.1. The van der Waals surface area contributed by atoms with Crippen LogP contribution in [0.2, 0.25) is 5.28 Å². The van der Waals surface area contributed by atoms with E-state index in [-0.39, 0.29) is 12.2 Å². The lowest BCUT2D eigenvalue weighted by Crippen LogP contribution is -2.11. The predicted octanol–water partition coefficient (Wildman–Crippen LogP) is 1.61. The first-order valence-electron chi connectivity index (χ1n) is 3.24. The van der Waals surface area contributed by atoms with Crippen molar-refractivity contribution >= 4 is 11.6 Å². The maximum absolute atomic E-state index is 12.1. The first-order chi connectivity index (χ1) is 5.93. The molecule has 1 aromatic heterocycles. The molecule has 0 unspecified atom stereocenters. The average molecular weight is 212 g/mol. The molecule has 0 radical (unpaired) electrons. The lowest BCUT2D eigenvalue weighted by Gasteiger charge is -2.06. The van der Waals surface area contributed by atoms with Gasteiger partial charge in [-0.15, -0.1) is 0 Å². The molecule has 72 valence electrons. The summed E-state index contributed by atoms with van der Waals surface area (Å²) in [7, 11) is 0. The van der Waals surface area contributed by atoms with Crippen molar-refractivity contribution in [1.29, 1.82) is 0 Å². The third kappa shape index (κ3) is 2.53. The van der Waals surface area contributed by atoms with Gasteiger partial charge in [0, 0.05) is 6.54 Å². The van der Waals surface area contributed by atoms with Crippen molar-refractivity contribution in [3.05, 3.63) is 22.7 Å². The zero-order valence-electron chi connectivity index (χ0n) is 6.27. The Morgan fingerprint density at radius 3 is 2.46 bits per heavy atom. The summed E-state index contributed by atoms with van der Waals surface area (Å²) in [6.07, 6.45) is -4.52. The molecule has 0 atom stereocenters. The number of rotatable bonds is 1. The van der Waals surface area contributed by atoms with Gasteiger partial charge in [0.2, 0.25) is 5.28 Å². The minimum Gasteiger partial charge on any atom is -0.325 e. The van der Waals surface area contributed by atoms with Gasteiger partial charge < -0.3 is 5.73 Å². The molecule has 0 aromatic carbocycles. The van der Waals surface area contributed by atoms with Crippen LogP contribution in [-0.2, 0) is 12.7 Å². The highest BCUT2D eigenvalue weighted by Gasteiger charge is 2.33. The SMILES string of the molecule is NCc1cc(C(F)(F)F)nc(Cl)n1. The first-order valence-corrected chi connectivity index (χ1v) is 3.62. The lowest BCUT2D eigenvalue weighted by atomic mass is 10.3. The molecule has 0 saturated heterocycles. The highest BCUT2D eigenvalue weighted by atomic mass is 35.5. The van der Waals surface area contributed by atoms with E-state index in [1.54, 1.807) is 0 Å². The minimum atomic E-state index is -4.52. The van der Waals surface area contributed by atoms with Crippen LogP contribution in [0, 0.1) is 0 Å². The van der Waals surface area contributed by atoms with Crippen LogP contribution >= 0.6 is 11.6 Å². The second kappa shape index (κ2) is 3.47. The molecule has 1 rings (SSSR count). The monoisotopic (exact) mass is 211 g/mol. The van der Waals surface area contributed by atoms with Crippen LogP contribution < -0.4 is 5.73 Å². The van der Waals surface area contributed by atoms with Crippen LogP contribution in [0.3, 0.4) is 0 Å². The molecular formula is C6H5ClF3N3. The molecule has 0 aliphatic rings. The molecule has 7 heteroatoms. The fraction of sp³-hybridized carbons (Fsp3) is 0.333. The molecule has 0 amide bonds. The van der Waals surface area contributed by atoms with E-state index in [2.05, 4.69) is 9.97 Å². The number of alkyl halides is 3. The molecule has 1 aromatic rings. The number of nitrogens with zero attached hydrogens (tertiary/aromatic N) is 2. The Morgan fingerprint density at radius 1 is 1.38 bits per heavy atom. The Balaban J connectivity index is 3.16. The quantitative estimate of drug-likeness (QED) is 0.718. The van der Waals surface area contributed by atoms with Crippen molar-refractivity contribution in [2.45, 2.75) is 12.7 Å². The summed E-state index contributed by atoms with van der Waals surface area (Å²) < 4.78 is 36.3.